The van der Waals surface area contributed by atoms with E-state index in [0.29, 0.717) is 12.0 Å². The van der Waals surface area contributed by atoms with Crippen molar-refractivity contribution in [3.63, 3.8) is 0 Å². The number of rotatable bonds is 4. The highest BCUT2D eigenvalue weighted by Crippen LogP contribution is 2.12. The molecule has 0 aliphatic carbocycles. The van der Waals surface area contributed by atoms with Crippen molar-refractivity contribution < 1.29 is 4.74 Å². The van der Waals surface area contributed by atoms with Crippen LogP contribution in [0.25, 0.3) is 0 Å². The van der Waals surface area contributed by atoms with Crippen LogP contribution in [-0.4, -0.2) is 18.5 Å². The van der Waals surface area contributed by atoms with Crippen molar-refractivity contribution in [3.05, 3.63) is 0 Å². The van der Waals surface area contributed by atoms with Gasteiger partial charge < -0.3 is 4.74 Å². The van der Waals surface area contributed by atoms with Crippen LogP contribution >= 0.6 is 15.9 Å². The molecular weight excluding hydrogens is 180 g/mol. The summed E-state index contributed by atoms with van der Waals surface area (Å²) in [5.41, 5.74) is 0. The first kappa shape index (κ1) is 9.44. The Bertz CT molecular complexity index is 61.9. The predicted molar refractivity (Wildman–Crippen MR) is 44.0 cm³/mol. The van der Waals surface area contributed by atoms with Gasteiger partial charge in [0, 0.05) is 12.4 Å². The quantitative estimate of drug-likeness (QED) is 0.626. The van der Waals surface area contributed by atoms with Crippen molar-refractivity contribution in [2.24, 2.45) is 5.92 Å². The lowest BCUT2D eigenvalue weighted by Crippen LogP contribution is -2.20. The molecule has 0 aliphatic rings. The minimum Gasteiger partial charge on any atom is -0.381 e. The van der Waals surface area contributed by atoms with Gasteiger partial charge in [-0.05, 0) is 12.3 Å². The summed E-state index contributed by atoms with van der Waals surface area (Å²) in [4.78, 5) is 0. The van der Waals surface area contributed by atoms with Crippen molar-refractivity contribution in [3.8, 4) is 0 Å². The number of methoxy groups -OCH3 is 1. The molecule has 9 heavy (non-hydrogen) atoms. The summed E-state index contributed by atoms with van der Waals surface area (Å²) in [6.45, 7) is 4.33. The molecule has 0 fully saturated rings. The molecule has 0 N–H and O–H groups in total. The van der Waals surface area contributed by atoms with Crippen molar-refractivity contribution in [2.75, 3.05) is 12.4 Å². The van der Waals surface area contributed by atoms with Crippen LogP contribution in [0.2, 0.25) is 0 Å². The molecular formula is C7H15BrO. The summed E-state index contributed by atoms with van der Waals surface area (Å²) in [5, 5.41) is 1.03. The predicted octanol–water partition coefficient (Wildman–Crippen LogP) is 2.44. The Balaban J connectivity index is 3.50. The standard InChI is InChI=1S/C7H15BrO/c1-4-7(9-3)6(2)5-8/h6-7H,4-5H2,1-3H3. The molecule has 0 amide bonds. The minimum absolute atomic E-state index is 0.421. The first-order chi connectivity index (χ1) is 4.26. The third-order valence-electron chi connectivity index (χ3n) is 1.58. The summed E-state index contributed by atoms with van der Waals surface area (Å²) in [6, 6.07) is 0. The van der Waals surface area contributed by atoms with E-state index in [-0.39, 0.29) is 0 Å². The van der Waals surface area contributed by atoms with Crippen molar-refractivity contribution in [2.45, 2.75) is 26.4 Å². The fraction of sp³-hybridized carbons (Fsp3) is 1.00. The number of hydrogen-bond acceptors (Lipinski definition) is 1. The third-order valence-corrected chi connectivity index (χ3v) is 2.60. The first-order valence-electron chi connectivity index (χ1n) is 3.35. The van der Waals surface area contributed by atoms with E-state index in [2.05, 4.69) is 29.8 Å². The Labute approximate surface area is 65.9 Å². The molecule has 2 heteroatoms. The van der Waals surface area contributed by atoms with Crippen LogP contribution in [-0.2, 0) is 4.74 Å². The molecule has 0 saturated heterocycles. The lowest BCUT2D eigenvalue weighted by Gasteiger charge is -2.18. The molecule has 0 rings (SSSR count). The maximum atomic E-state index is 5.22. The van der Waals surface area contributed by atoms with Gasteiger partial charge in [0.2, 0.25) is 0 Å². The van der Waals surface area contributed by atoms with E-state index in [1.165, 1.54) is 0 Å². The van der Waals surface area contributed by atoms with E-state index in [1.807, 2.05) is 0 Å². The van der Waals surface area contributed by atoms with Crippen LogP contribution in [0.5, 0.6) is 0 Å². The largest absolute Gasteiger partial charge is 0.381 e. The zero-order valence-corrected chi connectivity index (χ0v) is 7.94. The van der Waals surface area contributed by atoms with Gasteiger partial charge in [0.1, 0.15) is 0 Å². The van der Waals surface area contributed by atoms with Crippen molar-refractivity contribution in [1.29, 1.82) is 0 Å². The molecule has 0 radical (unpaired) electrons. The molecule has 0 aromatic rings. The maximum absolute atomic E-state index is 5.22. The molecule has 2 unspecified atom stereocenters. The highest BCUT2D eigenvalue weighted by Gasteiger charge is 2.11. The second kappa shape index (κ2) is 5.24. The molecule has 2 atom stereocenters. The third kappa shape index (κ3) is 3.21. The second-order valence-electron chi connectivity index (χ2n) is 2.31. The first-order valence-corrected chi connectivity index (χ1v) is 4.47. The molecule has 56 valence electrons. The molecule has 0 saturated carbocycles. The van der Waals surface area contributed by atoms with E-state index < -0.39 is 0 Å². The molecule has 0 aromatic carbocycles. The van der Waals surface area contributed by atoms with Gasteiger partial charge in [-0.25, -0.2) is 0 Å². The van der Waals surface area contributed by atoms with Crippen LogP contribution < -0.4 is 0 Å². The molecule has 0 spiro atoms. The lowest BCUT2D eigenvalue weighted by molar-refractivity contribution is 0.0641. The summed E-state index contributed by atoms with van der Waals surface area (Å²) in [6.07, 6.45) is 1.52. The Kier molecular flexibility index (Phi) is 5.50. The van der Waals surface area contributed by atoms with Gasteiger partial charge in [-0.2, -0.15) is 0 Å². The maximum Gasteiger partial charge on any atom is 0.0602 e. The Morgan fingerprint density at radius 2 is 2.11 bits per heavy atom. The Hall–Kier alpha value is 0.440. The lowest BCUT2D eigenvalue weighted by atomic mass is 10.1. The smallest absolute Gasteiger partial charge is 0.0602 e. The number of ether oxygens (including phenoxy) is 1. The van der Waals surface area contributed by atoms with E-state index in [1.54, 1.807) is 7.11 Å². The average Bonchev–Trinajstić information content (AvgIpc) is 1.90. The topological polar surface area (TPSA) is 9.23 Å². The highest BCUT2D eigenvalue weighted by molar-refractivity contribution is 9.09. The summed E-state index contributed by atoms with van der Waals surface area (Å²) >= 11 is 3.42. The Morgan fingerprint density at radius 3 is 2.22 bits per heavy atom. The van der Waals surface area contributed by atoms with Gasteiger partial charge >= 0.3 is 0 Å². The van der Waals surface area contributed by atoms with Crippen LogP contribution in [0.3, 0.4) is 0 Å². The monoisotopic (exact) mass is 194 g/mol. The van der Waals surface area contributed by atoms with Gasteiger partial charge in [0.05, 0.1) is 6.10 Å². The molecule has 0 bridgehead atoms. The minimum atomic E-state index is 0.421. The van der Waals surface area contributed by atoms with Crippen LogP contribution in [0.4, 0.5) is 0 Å². The number of halogens is 1. The molecule has 0 heterocycles. The Morgan fingerprint density at radius 1 is 1.56 bits per heavy atom. The number of alkyl halides is 1. The normalized spacial score (nSPS) is 17.3. The van der Waals surface area contributed by atoms with Crippen molar-refractivity contribution >= 4 is 15.9 Å². The van der Waals surface area contributed by atoms with E-state index in [0.717, 1.165) is 11.8 Å². The van der Waals surface area contributed by atoms with Crippen LogP contribution in [0, 0.1) is 5.92 Å². The SMILES string of the molecule is CCC(OC)C(C)CBr. The highest BCUT2D eigenvalue weighted by atomic mass is 79.9. The van der Waals surface area contributed by atoms with Gasteiger partial charge in [-0.15, -0.1) is 0 Å². The zero-order valence-electron chi connectivity index (χ0n) is 6.36. The van der Waals surface area contributed by atoms with Gasteiger partial charge in [0.15, 0.2) is 0 Å². The summed E-state index contributed by atoms with van der Waals surface area (Å²) in [7, 11) is 1.77. The fourth-order valence-corrected chi connectivity index (χ4v) is 1.32. The molecule has 0 aromatic heterocycles. The van der Waals surface area contributed by atoms with Crippen molar-refractivity contribution in [1.82, 2.24) is 0 Å². The second-order valence-corrected chi connectivity index (χ2v) is 2.96. The van der Waals surface area contributed by atoms with E-state index in [4.69, 9.17) is 4.74 Å². The number of hydrogen-bond donors (Lipinski definition) is 0. The average molecular weight is 195 g/mol. The van der Waals surface area contributed by atoms with Gasteiger partial charge in [-0.3, -0.25) is 0 Å². The van der Waals surface area contributed by atoms with Crippen LogP contribution in [0.15, 0.2) is 0 Å². The van der Waals surface area contributed by atoms with Gasteiger partial charge in [-0.1, -0.05) is 29.8 Å². The fourth-order valence-electron chi connectivity index (χ4n) is 0.901. The van der Waals surface area contributed by atoms with E-state index >= 15 is 0 Å². The summed E-state index contributed by atoms with van der Waals surface area (Å²) in [5.74, 6) is 0.625. The zero-order chi connectivity index (χ0) is 7.28. The molecule has 1 nitrogen and oxygen atoms in total. The van der Waals surface area contributed by atoms with Crippen LogP contribution in [0.1, 0.15) is 20.3 Å². The summed E-state index contributed by atoms with van der Waals surface area (Å²) < 4.78 is 5.22. The molecule has 0 aliphatic heterocycles. The van der Waals surface area contributed by atoms with Gasteiger partial charge in [0.25, 0.3) is 0 Å². The van der Waals surface area contributed by atoms with E-state index in [9.17, 15) is 0 Å².